The molecule has 2 aliphatic heterocycles. The van der Waals surface area contributed by atoms with E-state index in [-0.39, 0.29) is 23.9 Å². The number of carbonyl (C=O) groups is 2. The van der Waals surface area contributed by atoms with Gasteiger partial charge in [-0.2, -0.15) is 5.43 Å². The molecule has 1 amide bonds. The Labute approximate surface area is 146 Å². The van der Waals surface area contributed by atoms with Gasteiger partial charge in [-0.3, -0.25) is 14.4 Å². The standard InChI is InChI=1S/C15H15F2N3O6/c1-19(24-3)14(22)15(9-5-4-6-10-12(9)26-8-25-10)13(21)11(23-2)7-18-20(15,16)17/h4-7H,8H2,1-3H3/p+1. The molecule has 1 aromatic carbocycles. The number of amides is 1. The van der Waals surface area contributed by atoms with E-state index in [1.165, 1.54) is 18.2 Å². The fourth-order valence-electron chi connectivity index (χ4n) is 2.89. The van der Waals surface area contributed by atoms with Gasteiger partial charge in [0.05, 0.1) is 28.7 Å². The van der Waals surface area contributed by atoms with E-state index < -0.39 is 28.0 Å². The highest BCUT2D eigenvalue weighted by Crippen LogP contribution is 2.49. The average molecular weight is 372 g/mol. The minimum absolute atomic E-state index is 0.129. The number of Topliss-reactive ketones (excluding diaryl/α,β-unsaturated/α-hetero) is 1. The van der Waals surface area contributed by atoms with Gasteiger partial charge in [0.25, 0.3) is 5.78 Å². The third kappa shape index (κ3) is 2.21. The fraction of sp³-hybridized carbons (Fsp3) is 0.333. The molecule has 1 unspecified atom stereocenters. The summed E-state index contributed by atoms with van der Waals surface area (Å²) in [6.45, 7) is -0.232. The van der Waals surface area contributed by atoms with Crippen molar-refractivity contribution in [3.05, 3.63) is 35.7 Å². The number of likely N-dealkylation sites (N-methyl/N-ethyl adjacent to an activating group) is 1. The second-order valence-electron chi connectivity index (χ2n) is 5.42. The number of nitrogens with zero attached hydrogens (tertiary/aromatic N) is 2. The monoisotopic (exact) mass is 372 g/mol. The highest BCUT2D eigenvalue weighted by molar-refractivity contribution is 6.16. The number of halogens is 2. The van der Waals surface area contributed by atoms with Crippen LogP contribution in [0.5, 0.6) is 11.5 Å². The van der Waals surface area contributed by atoms with Crippen LogP contribution in [0.1, 0.15) is 5.56 Å². The van der Waals surface area contributed by atoms with Gasteiger partial charge in [-0.25, -0.2) is 5.06 Å². The van der Waals surface area contributed by atoms with Crippen LogP contribution < -0.4 is 14.9 Å². The highest BCUT2D eigenvalue weighted by Gasteiger charge is 2.75. The zero-order valence-electron chi connectivity index (χ0n) is 14.1. The number of fused-ring (bicyclic) bond motifs is 1. The van der Waals surface area contributed by atoms with Crippen LogP contribution in [-0.4, -0.2) is 49.9 Å². The van der Waals surface area contributed by atoms with Gasteiger partial charge < -0.3 is 14.2 Å². The van der Waals surface area contributed by atoms with E-state index in [9.17, 15) is 9.59 Å². The average Bonchev–Trinajstić information content (AvgIpc) is 3.10. The van der Waals surface area contributed by atoms with E-state index in [1.54, 1.807) is 5.43 Å². The number of nitrogens with one attached hydrogen (secondary N) is 1. The molecule has 0 aliphatic carbocycles. The van der Waals surface area contributed by atoms with Crippen LogP contribution >= 0.6 is 0 Å². The Morgan fingerprint density at radius 2 is 2.08 bits per heavy atom. The maximum absolute atomic E-state index is 15.1. The molecule has 26 heavy (non-hydrogen) atoms. The summed E-state index contributed by atoms with van der Waals surface area (Å²) in [4.78, 5) is 30.8. The lowest BCUT2D eigenvalue weighted by Gasteiger charge is -2.37. The van der Waals surface area contributed by atoms with Crippen LogP contribution in [0.15, 0.2) is 30.2 Å². The number of hydrogen-bond acceptors (Lipinski definition) is 7. The van der Waals surface area contributed by atoms with E-state index in [1.807, 2.05) is 0 Å². The molecule has 0 radical (unpaired) electrons. The number of ether oxygens (including phenoxy) is 3. The minimum Gasteiger partial charge on any atom is -0.491 e. The summed E-state index contributed by atoms with van der Waals surface area (Å²) in [5.74, 6) is -3.04. The lowest BCUT2D eigenvalue weighted by molar-refractivity contribution is -1.22. The number of quaternary nitrogens is 1. The number of para-hydroxylation sites is 1. The molecular formula is C15H16F2N3O6+. The molecule has 11 heteroatoms. The van der Waals surface area contributed by atoms with Crippen LogP contribution in [0.3, 0.4) is 0 Å². The number of carbonyl (C=O) groups excluding carboxylic acids is 2. The predicted molar refractivity (Wildman–Crippen MR) is 79.7 cm³/mol. The third-order valence-corrected chi connectivity index (χ3v) is 4.21. The zero-order valence-corrected chi connectivity index (χ0v) is 14.1. The molecule has 2 aliphatic rings. The first-order valence-corrected chi connectivity index (χ1v) is 7.37. The van der Waals surface area contributed by atoms with Crippen LogP contribution in [0.4, 0.5) is 8.96 Å². The summed E-state index contributed by atoms with van der Waals surface area (Å²) < 4.78 is 45.5. The summed E-state index contributed by atoms with van der Waals surface area (Å²) in [5.41, 5.74) is -1.74. The van der Waals surface area contributed by atoms with E-state index in [0.717, 1.165) is 21.3 Å². The predicted octanol–water partition coefficient (Wildman–Crippen LogP) is 0.791. The van der Waals surface area contributed by atoms with Crippen molar-refractivity contribution in [3.63, 3.8) is 0 Å². The summed E-state index contributed by atoms with van der Waals surface area (Å²) >= 11 is 0. The molecule has 3 rings (SSSR count). The summed E-state index contributed by atoms with van der Waals surface area (Å²) in [5, 5.41) is -2.66. The van der Waals surface area contributed by atoms with Crippen molar-refractivity contribution in [2.75, 3.05) is 28.1 Å². The lowest BCUT2D eigenvalue weighted by Crippen LogP contribution is -2.70. The lowest BCUT2D eigenvalue weighted by atomic mass is 9.82. The van der Waals surface area contributed by atoms with Gasteiger partial charge >= 0.3 is 11.4 Å². The second kappa shape index (κ2) is 6.11. The van der Waals surface area contributed by atoms with Crippen LogP contribution in [0, 0.1) is 0 Å². The van der Waals surface area contributed by atoms with Crippen molar-refractivity contribution in [2.24, 2.45) is 0 Å². The molecule has 0 saturated heterocycles. The molecule has 0 fully saturated rings. The largest absolute Gasteiger partial charge is 0.491 e. The van der Waals surface area contributed by atoms with Gasteiger partial charge in [-0.05, 0) is 12.1 Å². The number of hydroxylamine groups is 2. The SMILES string of the molecule is COC1=CN[N+](F)(F)C(C(=O)N(C)OC)(c2cccc3c2OCO3)C1=O. The highest BCUT2D eigenvalue weighted by atomic mass is 19.4. The quantitative estimate of drug-likeness (QED) is 0.475. The Kier molecular flexibility index (Phi) is 4.20. The number of ketones is 1. The first kappa shape index (κ1) is 17.9. The van der Waals surface area contributed by atoms with Crippen molar-refractivity contribution in [1.82, 2.24) is 10.5 Å². The second-order valence-corrected chi connectivity index (χ2v) is 5.42. The summed E-state index contributed by atoms with van der Waals surface area (Å²) in [6.07, 6.45) is 0.696. The molecule has 0 aromatic heterocycles. The van der Waals surface area contributed by atoms with Gasteiger partial charge in [0.1, 0.15) is 6.20 Å². The molecule has 1 aromatic rings. The van der Waals surface area contributed by atoms with Crippen molar-refractivity contribution < 1.29 is 42.6 Å². The van der Waals surface area contributed by atoms with Gasteiger partial charge in [-0.1, -0.05) is 6.07 Å². The number of benzene rings is 1. The maximum atomic E-state index is 15.1. The molecule has 2 heterocycles. The van der Waals surface area contributed by atoms with Gasteiger partial charge in [-0.15, -0.1) is 0 Å². The van der Waals surface area contributed by atoms with E-state index >= 15 is 8.96 Å². The van der Waals surface area contributed by atoms with E-state index in [4.69, 9.17) is 19.0 Å². The van der Waals surface area contributed by atoms with Crippen LogP contribution in [0.2, 0.25) is 0 Å². The Bertz CT molecular complexity index is 800. The van der Waals surface area contributed by atoms with Gasteiger partial charge in [0, 0.05) is 7.05 Å². The van der Waals surface area contributed by atoms with Crippen molar-refractivity contribution in [3.8, 4) is 11.5 Å². The number of rotatable bonds is 4. The molecule has 1 atom stereocenters. The number of methoxy groups -OCH3 is 1. The van der Waals surface area contributed by atoms with E-state index in [0.29, 0.717) is 11.3 Å². The maximum Gasteiger partial charge on any atom is 0.373 e. The van der Waals surface area contributed by atoms with Crippen LogP contribution in [0.25, 0.3) is 0 Å². The Balaban J connectivity index is 2.35. The van der Waals surface area contributed by atoms with Crippen molar-refractivity contribution >= 4 is 11.7 Å². The molecule has 1 N–H and O–H groups in total. The van der Waals surface area contributed by atoms with Crippen molar-refractivity contribution in [1.29, 1.82) is 0 Å². The van der Waals surface area contributed by atoms with E-state index in [2.05, 4.69) is 0 Å². The van der Waals surface area contributed by atoms with Gasteiger partial charge in [0.2, 0.25) is 6.79 Å². The first-order valence-electron chi connectivity index (χ1n) is 7.37. The summed E-state index contributed by atoms with van der Waals surface area (Å²) in [7, 11) is 3.36. The Morgan fingerprint density at radius 1 is 1.35 bits per heavy atom. The van der Waals surface area contributed by atoms with Gasteiger partial charge in [0.15, 0.2) is 22.3 Å². The Morgan fingerprint density at radius 3 is 2.73 bits per heavy atom. The van der Waals surface area contributed by atoms with Crippen molar-refractivity contribution in [2.45, 2.75) is 5.54 Å². The normalized spacial score (nSPS) is 23.1. The minimum atomic E-state index is -3.20. The first-order chi connectivity index (χ1) is 12.3. The summed E-state index contributed by atoms with van der Waals surface area (Å²) in [6, 6.07) is 4.05. The fourth-order valence-corrected chi connectivity index (χ4v) is 2.89. The molecule has 0 bridgehead atoms. The topological polar surface area (TPSA) is 86.3 Å². The molecule has 9 nitrogen and oxygen atoms in total. The molecular weight excluding hydrogens is 356 g/mol. The molecule has 0 saturated carbocycles. The Hall–Kier alpha value is -2.92. The zero-order chi connectivity index (χ0) is 19.1. The molecule has 0 spiro atoms. The number of hydrogen-bond donors (Lipinski definition) is 1. The third-order valence-electron chi connectivity index (χ3n) is 4.21. The van der Waals surface area contributed by atoms with Crippen LogP contribution in [-0.2, 0) is 24.7 Å². The molecule has 140 valence electrons. The smallest absolute Gasteiger partial charge is 0.373 e.